The zero-order valence-electron chi connectivity index (χ0n) is 10.5. The highest BCUT2D eigenvalue weighted by molar-refractivity contribution is 7.14. The Morgan fingerprint density at radius 1 is 1.33 bits per heavy atom. The van der Waals surface area contributed by atoms with Gasteiger partial charge in [0.05, 0.1) is 0 Å². The van der Waals surface area contributed by atoms with Crippen molar-refractivity contribution < 1.29 is 4.39 Å². The molecule has 5 heteroatoms. The molecule has 0 saturated carbocycles. The molecular weight excluding hydrogens is 249 g/mol. The number of aryl methyl sites for hydroxylation is 2. The molecule has 1 N–H and O–H groups in total. The summed E-state index contributed by atoms with van der Waals surface area (Å²) in [5.41, 5.74) is 1.86. The maximum Gasteiger partial charge on any atom is 0.148 e. The molecule has 3 nitrogen and oxygen atoms in total. The van der Waals surface area contributed by atoms with Gasteiger partial charge in [-0.25, -0.2) is 4.39 Å². The highest BCUT2D eigenvalue weighted by Crippen LogP contribution is 2.27. The molecule has 18 heavy (non-hydrogen) atoms. The first kappa shape index (κ1) is 13.1. The molecule has 2 rings (SSSR count). The van der Waals surface area contributed by atoms with E-state index in [-0.39, 0.29) is 5.82 Å². The lowest BCUT2D eigenvalue weighted by molar-refractivity contribution is 0.627. The number of hydrogen-bond acceptors (Lipinski definition) is 4. The molecule has 0 fully saturated rings. The summed E-state index contributed by atoms with van der Waals surface area (Å²) in [5, 5.41) is 13.4. The summed E-state index contributed by atoms with van der Waals surface area (Å²) in [4.78, 5) is 0. The van der Waals surface area contributed by atoms with E-state index >= 15 is 0 Å². The highest BCUT2D eigenvalue weighted by Gasteiger charge is 2.09. The Bertz CT molecular complexity index is 525. The number of nitrogens with one attached hydrogen (secondary N) is 1. The SMILES string of the molecule is CNCCCc1nnc(-c2ccc(F)cc2C)s1. The lowest BCUT2D eigenvalue weighted by Gasteiger charge is -2.00. The highest BCUT2D eigenvalue weighted by atomic mass is 32.1. The summed E-state index contributed by atoms with van der Waals surface area (Å²) in [6.07, 6.45) is 1.98. The van der Waals surface area contributed by atoms with Crippen LogP contribution in [0.15, 0.2) is 18.2 Å². The van der Waals surface area contributed by atoms with Crippen LogP contribution in [-0.4, -0.2) is 23.8 Å². The summed E-state index contributed by atoms with van der Waals surface area (Å²) >= 11 is 1.58. The Labute approximate surface area is 110 Å². The molecule has 1 aromatic heterocycles. The third-order valence-corrected chi connectivity index (χ3v) is 3.72. The second-order valence-corrected chi connectivity index (χ2v) is 5.23. The molecule has 1 heterocycles. The van der Waals surface area contributed by atoms with Crippen LogP contribution in [-0.2, 0) is 6.42 Å². The minimum Gasteiger partial charge on any atom is -0.320 e. The third-order valence-electron chi connectivity index (χ3n) is 2.70. The lowest BCUT2D eigenvalue weighted by atomic mass is 10.1. The zero-order valence-corrected chi connectivity index (χ0v) is 11.4. The number of hydrogen-bond donors (Lipinski definition) is 1. The molecule has 0 unspecified atom stereocenters. The smallest absolute Gasteiger partial charge is 0.148 e. The topological polar surface area (TPSA) is 37.8 Å². The Morgan fingerprint density at radius 3 is 2.89 bits per heavy atom. The van der Waals surface area contributed by atoms with Gasteiger partial charge in [-0.2, -0.15) is 0 Å². The molecule has 0 atom stereocenters. The summed E-state index contributed by atoms with van der Waals surface area (Å²) in [6, 6.07) is 4.75. The summed E-state index contributed by atoms with van der Waals surface area (Å²) < 4.78 is 13.0. The van der Waals surface area contributed by atoms with E-state index in [0.29, 0.717) is 0 Å². The predicted octanol–water partition coefficient (Wildman–Crippen LogP) is 2.80. The largest absolute Gasteiger partial charge is 0.320 e. The van der Waals surface area contributed by atoms with E-state index in [1.54, 1.807) is 17.4 Å². The molecule has 0 amide bonds. The van der Waals surface area contributed by atoms with Crippen molar-refractivity contribution in [3.05, 3.63) is 34.6 Å². The van der Waals surface area contributed by atoms with Crippen LogP contribution < -0.4 is 5.32 Å². The van der Waals surface area contributed by atoms with Crippen molar-refractivity contribution in [1.29, 1.82) is 0 Å². The fourth-order valence-electron chi connectivity index (χ4n) is 1.75. The van der Waals surface area contributed by atoms with E-state index < -0.39 is 0 Å². The fraction of sp³-hybridized carbons (Fsp3) is 0.385. The minimum absolute atomic E-state index is 0.213. The van der Waals surface area contributed by atoms with Gasteiger partial charge in [-0.3, -0.25) is 0 Å². The van der Waals surface area contributed by atoms with Crippen molar-refractivity contribution in [2.45, 2.75) is 19.8 Å². The van der Waals surface area contributed by atoms with Gasteiger partial charge >= 0.3 is 0 Å². The monoisotopic (exact) mass is 265 g/mol. The van der Waals surface area contributed by atoms with Crippen LogP contribution in [0.4, 0.5) is 4.39 Å². The summed E-state index contributed by atoms with van der Waals surface area (Å²) in [6.45, 7) is 2.87. The Kier molecular flexibility index (Phi) is 4.38. The Hall–Kier alpha value is -1.33. The fourth-order valence-corrected chi connectivity index (χ4v) is 2.72. The van der Waals surface area contributed by atoms with E-state index in [1.165, 1.54) is 12.1 Å². The van der Waals surface area contributed by atoms with Crippen LogP contribution in [0.5, 0.6) is 0 Å². The second kappa shape index (κ2) is 6.02. The second-order valence-electron chi connectivity index (χ2n) is 4.17. The molecular formula is C13H16FN3S. The van der Waals surface area contributed by atoms with Gasteiger partial charge in [0.1, 0.15) is 15.8 Å². The number of halogens is 1. The maximum atomic E-state index is 13.0. The van der Waals surface area contributed by atoms with Gasteiger partial charge in [0.15, 0.2) is 0 Å². The van der Waals surface area contributed by atoms with E-state index in [4.69, 9.17) is 0 Å². The summed E-state index contributed by atoms with van der Waals surface area (Å²) in [7, 11) is 1.94. The first-order valence-corrected chi connectivity index (χ1v) is 6.76. The first-order chi connectivity index (χ1) is 8.70. The Balaban J connectivity index is 2.13. The van der Waals surface area contributed by atoms with Gasteiger partial charge in [-0.05, 0) is 50.7 Å². The predicted molar refractivity (Wildman–Crippen MR) is 72.3 cm³/mol. The summed E-state index contributed by atoms with van der Waals surface area (Å²) in [5.74, 6) is -0.213. The standard InChI is InChI=1S/C13H16FN3S/c1-9-8-10(14)5-6-11(9)13-17-16-12(18-13)4-3-7-15-2/h5-6,8,15H,3-4,7H2,1-2H3. The van der Waals surface area contributed by atoms with Crippen molar-refractivity contribution in [3.63, 3.8) is 0 Å². The van der Waals surface area contributed by atoms with E-state index in [2.05, 4.69) is 15.5 Å². The minimum atomic E-state index is -0.213. The van der Waals surface area contributed by atoms with Crippen molar-refractivity contribution in [3.8, 4) is 10.6 Å². The molecule has 0 spiro atoms. The molecule has 0 bridgehead atoms. The molecule has 0 aliphatic carbocycles. The number of benzene rings is 1. The van der Waals surface area contributed by atoms with Gasteiger partial charge < -0.3 is 5.32 Å². The zero-order chi connectivity index (χ0) is 13.0. The van der Waals surface area contributed by atoms with Gasteiger partial charge in [0, 0.05) is 12.0 Å². The first-order valence-electron chi connectivity index (χ1n) is 5.94. The quantitative estimate of drug-likeness (QED) is 0.845. The van der Waals surface area contributed by atoms with E-state index in [0.717, 1.165) is 40.5 Å². The molecule has 0 aliphatic heterocycles. The van der Waals surface area contributed by atoms with Crippen molar-refractivity contribution in [1.82, 2.24) is 15.5 Å². The average molecular weight is 265 g/mol. The van der Waals surface area contributed by atoms with Crippen molar-refractivity contribution in [2.75, 3.05) is 13.6 Å². The van der Waals surface area contributed by atoms with Crippen molar-refractivity contribution >= 4 is 11.3 Å². The van der Waals surface area contributed by atoms with Crippen LogP contribution in [0.2, 0.25) is 0 Å². The Morgan fingerprint density at radius 2 is 2.17 bits per heavy atom. The normalized spacial score (nSPS) is 10.8. The van der Waals surface area contributed by atoms with Gasteiger partial charge in [-0.15, -0.1) is 10.2 Å². The van der Waals surface area contributed by atoms with E-state index in [1.807, 2.05) is 14.0 Å². The van der Waals surface area contributed by atoms with Gasteiger partial charge in [0.2, 0.25) is 0 Å². The maximum absolute atomic E-state index is 13.0. The van der Waals surface area contributed by atoms with Crippen LogP contribution in [0.25, 0.3) is 10.6 Å². The van der Waals surface area contributed by atoms with Crippen molar-refractivity contribution in [2.24, 2.45) is 0 Å². The third kappa shape index (κ3) is 3.11. The van der Waals surface area contributed by atoms with Crippen LogP contribution in [0.1, 0.15) is 17.0 Å². The number of aromatic nitrogens is 2. The molecule has 0 radical (unpaired) electrons. The lowest BCUT2D eigenvalue weighted by Crippen LogP contribution is -2.08. The molecule has 96 valence electrons. The van der Waals surface area contributed by atoms with Crippen LogP contribution in [0.3, 0.4) is 0 Å². The number of nitrogens with zero attached hydrogens (tertiary/aromatic N) is 2. The molecule has 0 saturated heterocycles. The molecule has 0 aliphatic rings. The van der Waals surface area contributed by atoms with E-state index in [9.17, 15) is 4.39 Å². The van der Waals surface area contributed by atoms with Crippen LogP contribution in [0, 0.1) is 12.7 Å². The average Bonchev–Trinajstić information content (AvgIpc) is 2.78. The van der Waals surface area contributed by atoms with Gasteiger partial charge in [0.25, 0.3) is 0 Å². The van der Waals surface area contributed by atoms with Gasteiger partial charge in [-0.1, -0.05) is 11.3 Å². The molecule has 1 aromatic carbocycles. The van der Waals surface area contributed by atoms with Crippen LogP contribution >= 0.6 is 11.3 Å². The molecule has 2 aromatic rings. The number of rotatable bonds is 5.